The zero-order valence-corrected chi connectivity index (χ0v) is 12.5. The van der Waals surface area contributed by atoms with Gasteiger partial charge in [0.1, 0.15) is 0 Å². The first-order valence-corrected chi connectivity index (χ1v) is 7.59. The Morgan fingerprint density at radius 2 is 2.28 bits per heavy atom. The molecule has 1 aliphatic heterocycles. The molecule has 18 heavy (non-hydrogen) atoms. The van der Waals surface area contributed by atoms with Gasteiger partial charge < -0.3 is 10.2 Å². The summed E-state index contributed by atoms with van der Waals surface area (Å²) in [7, 11) is 4.42. The van der Waals surface area contributed by atoms with Gasteiger partial charge in [-0.3, -0.25) is 4.90 Å². The normalized spacial score (nSPS) is 22.5. The van der Waals surface area contributed by atoms with Gasteiger partial charge in [-0.2, -0.15) is 0 Å². The summed E-state index contributed by atoms with van der Waals surface area (Å²) in [6, 6.07) is 0.619. The predicted octanol–water partition coefficient (Wildman–Crippen LogP) is 1.04. The molecule has 1 aromatic heterocycles. The zero-order chi connectivity index (χ0) is 13.0. The van der Waals surface area contributed by atoms with E-state index in [0.717, 1.165) is 26.1 Å². The topological polar surface area (TPSA) is 31.4 Å². The van der Waals surface area contributed by atoms with Crippen LogP contribution < -0.4 is 5.32 Å². The summed E-state index contributed by atoms with van der Waals surface area (Å²) in [5.41, 5.74) is 1.18. The Morgan fingerprint density at radius 3 is 3.00 bits per heavy atom. The van der Waals surface area contributed by atoms with E-state index in [1.165, 1.54) is 23.8 Å². The summed E-state index contributed by atoms with van der Waals surface area (Å²) < 4.78 is 0. The van der Waals surface area contributed by atoms with E-state index in [1.807, 2.05) is 0 Å². The predicted molar refractivity (Wildman–Crippen MR) is 77.1 cm³/mol. The van der Waals surface area contributed by atoms with Gasteiger partial charge in [0.05, 0.1) is 10.7 Å². The molecule has 1 unspecified atom stereocenters. The van der Waals surface area contributed by atoms with Crippen molar-refractivity contribution >= 4 is 11.3 Å². The highest BCUT2D eigenvalue weighted by atomic mass is 32.1. The van der Waals surface area contributed by atoms with Crippen LogP contribution in [-0.2, 0) is 13.0 Å². The fourth-order valence-corrected chi connectivity index (χ4v) is 3.03. The van der Waals surface area contributed by atoms with Crippen LogP contribution in [-0.4, -0.2) is 61.1 Å². The monoisotopic (exact) mass is 268 g/mol. The lowest BCUT2D eigenvalue weighted by Gasteiger charge is -2.37. The van der Waals surface area contributed by atoms with Crippen LogP contribution in [0.2, 0.25) is 0 Å². The molecule has 0 radical (unpaired) electrons. The maximum Gasteiger partial charge on any atom is 0.0926 e. The summed E-state index contributed by atoms with van der Waals surface area (Å²) in [5.74, 6) is 0. The van der Waals surface area contributed by atoms with Crippen LogP contribution in [0.25, 0.3) is 0 Å². The van der Waals surface area contributed by atoms with Gasteiger partial charge in [0.2, 0.25) is 0 Å². The molecule has 2 heterocycles. The molecule has 0 spiro atoms. The molecule has 1 N–H and O–H groups in total. The number of hydrogen-bond acceptors (Lipinski definition) is 5. The van der Waals surface area contributed by atoms with Gasteiger partial charge in [-0.05, 0) is 20.5 Å². The minimum atomic E-state index is 0.619. The molecule has 0 aliphatic carbocycles. The fourth-order valence-electron chi connectivity index (χ4n) is 2.28. The molecular formula is C13H24N4S. The zero-order valence-electron chi connectivity index (χ0n) is 11.6. The van der Waals surface area contributed by atoms with Crippen molar-refractivity contribution in [2.75, 3.05) is 40.3 Å². The molecule has 0 aromatic carbocycles. The Hall–Kier alpha value is -0.490. The second-order valence-electron chi connectivity index (χ2n) is 5.11. The van der Waals surface area contributed by atoms with E-state index in [2.05, 4.69) is 46.5 Å². The molecule has 102 valence electrons. The third kappa shape index (κ3) is 3.75. The van der Waals surface area contributed by atoms with E-state index < -0.39 is 0 Å². The molecule has 2 rings (SSSR count). The van der Waals surface area contributed by atoms with Crippen molar-refractivity contribution < 1.29 is 0 Å². The van der Waals surface area contributed by atoms with Gasteiger partial charge in [-0.15, -0.1) is 11.3 Å². The molecule has 5 heteroatoms. The second-order valence-corrected chi connectivity index (χ2v) is 6.06. The van der Waals surface area contributed by atoms with Crippen molar-refractivity contribution in [3.63, 3.8) is 0 Å². The number of nitrogens with one attached hydrogen (secondary N) is 1. The van der Waals surface area contributed by atoms with Crippen LogP contribution in [0.15, 0.2) is 5.38 Å². The molecule has 0 bridgehead atoms. The van der Waals surface area contributed by atoms with Crippen LogP contribution in [0.1, 0.15) is 17.6 Å². The minimum absolute atomic E-state index is 0.619. The minimum Gasteiger partial charge on any atom is -0.310 e. The van der Waals surface area contributed by atoms with Gasteiger partial charge in [-0.1, -0.05) is 6.92 Å². The van der Waals surface area contributed by atoms with Gasteiger partial charge in [-0.25, -0.2) is 4.98 Å². The SMILES string of the molecule is CCc1nc(CNCC2CN(C)CCN2C)cs1. The molecule has 0 saturated carbocycles. The van der Waals surface area contributed by atoms with Crippen molar-refractivity contribution in [2.45, 2.75) is 25.9 Å². The average molecular weight is 268 g/mol. The summed E-state index contributed by atoms with van der Waals surface area (Å²) in [4.78, 5) is 9.43. The number of thiazole rings is 1. The Balaban J connectivity index is 1.74. The lowest BCUT2D eigenvalue weighted by molar-refractivity contribution is 0.113. The van der Waals surface area contributed by atoms with Gasteiger partial charge in [0, 0.05) is 44.1 Å². The van der Waals surface area contributed by atoms with Crippen molar-refractivity contribution in [2.24, 2.45) is 0 Å². The first kappa shape index (κ1) is 13.9. The van der Waals surface area contributed by atoms with Crippen LogP contribution in [0.5, 0.6) is 0 Å². The van der Waals surface area contributed by atoms with Crippen molar-refractivity contribution in [1.82, 2.24) is 20.1 Å². The third-order valence-corrected chi connectivity index (χ3v) is 4.61. The smallest absolute Gasteiger partial charge is 0.0926 e. The number of aromatic nitrogens is 1. The Bertz CT molecular complexity index is 366. The maximum atomic E-state index is 4.58. The summed E-state index contributed by atoms with van der Waals surface area (Å²) in [6.45, 7) is 7.59. The Morgan fingerprint density at radius 1 is 1.44 bits per heavy atom. The average Bonchev–Trinajstić information content (AvgIpc) is 2.81. The number of aryl methyl sites for hydroxylation is 1. The number of likely N-dealkylation sites (N-methyl/N-ethyl adjacent to an activating group) is 2. The number of rotatable bonds is 5. The maximum absolute atomic E-state index is 4.58. The standard InChI is InChI=1S/C13H24N4S/c1-4-13-15-11(10-18-13)7-14-8-12-9-16(2)5-6-17(12)3/h10,12,14H,4-9H2,1-3H3. The molecule has 4 nitrogen and oxygen atoms in total. The summed E-state index contributed by atoms with van der Waals surface area (Å²) in [5, 5.41) is 6.94. The third-order valence-electron chi connectivity index (χ3n) is 3.57. The molecule has 0 amide bonds. The highest BCUT2D eigenvalue weighted by Gasteiger charge is 2.21. The Labute approximate surface area is 114 Å². The van der Waals surface area contributed by atoms with Crippen LogP contribution in [0.3, 0.4) is 0 Å². The molecular weight excluding hydrogens is 244 g/mol. The van der Waals surface area contributed by atoms with Crippen molar-refractivity contribution in [1.29, 1.82) is 0 Å². The molecule has 1 atom stereocenters. The first-order chi connectivity index (χ1) is 8.69. The number of nitrogens with zero attached hydrogens (tertiary/aromatic N) is 3. The van der Waals surface area contributed by atoms with Gasteiger partial charge in [0.15, 0.2) is 0 Å². The van der Waals surface area contributed by atoms with Crippen molar-refractivity contribution in [3.05, 3.63) is 16.1 Å². The molecule has 1 aromatic rings. The van der Waals surface area contributed by atoms with E-state index in [-0.39, 0.29) is 0 Å². The van der Waals surface area contributed by atoms with E-state index in [4.69, 9.17) is 0 Å². The van der Waals surface area contributed by atoms with E-state index in [1.54, 1.807) is 11.3 Å². The lowest BCUT2D eigenvalue weighted by Crippen LogP contribution is -2.53. The summed E-state index contributed by atoms with van der Waals surface area (Å²) in [6.07, 6.45) is 1.04. The second kappa shape index (κ2) is 6.61. The van der Waals surface area contributed by atoms with Crippen LogP contribution in [0.4, 0.5) is 0 Å². The van der Waals surface area contributed by atoms with Crippen molar-refractivity contribution in [3.8, 4) is 0 Å². The quantitative estimate of drug-likeness (QED) is 0.865. The largest absolute Gasteiger partial charge is 0.310 e. The number of hydrogen-bond donors (Lipinski definition) is 1. The molecule has 1 saturated heterocycles. The lowest BCUT2D eigenvalue weighted by atomic mass is 10.2. The first-order valence-electron chi connectivity index (χ1n) is 6.71. The summed E-state index contributed by atoms with van der Waals surface area (Å²) >= 11 is 1.77. The van der Waals surface area contributed by atoms with Crippen LogP contribution >= 0.6 is 11.3 Å². The van der Waals surface area contributed by atoms with E-state index in [0.29, 0.717) is 6.04 Å². The fraction of sp³-hybridized carbons (Fsp3) is 0.769. The highest BCUT2D eigenvalue weighted by molar-refractivity contribution is 7.09. The van der Waals surface area contributed by atoms with Gasteiger partial charge >= 0.3 is 0 Å². The van der Waals surface area contributed by atoms with E-state index in [9.17, 15) is 0 Å². The number of piperazine rings is 1. The molecule has 1 aliphatic rings. The van der Waals surface area contributed by atoms with Gasteiger partial charge in [0.25, 0.3) is 0 Å². The molecule has 1 fully saturated rings. The Kier molecular flexibility index (Phi) is 5.12. The van der Waals surface area contributed by atoms with Crippen LogP contribution in [0, 0.1) is 0 Å². The highest BCUT2D eigenvalue weighted by Crippen LogP contribution is 2.10. The van der Waals surface area contributed by atoms with E-state index >= 15 is 0 Å².